The molecule has 1 aromatic heterocycles. The molecule has 1 aliphatic rings. The van der Waals surface area contributed by atoms with Crippen LogP contribution < -0.4 is 20.5 Å². The number of nitrogens with one attached hydrogen (secondary N) is 1. The lowest BCUT2D eigenvalue weighted by atomic mass is 10.2. The molecule has 0 saturated carbocycles. The van der Waals surface area contributed by atoms with Crippen LogP contribution in [-0.2, 0) is 6.54 Å². The van der Waals surface area contributed by atoms with E-state index in [2.05, 4.69) is 10.3 Å². The first kappa shape index (κ1) is 15.1. The molecular formula is C16H17N3O4. The van der Waals surface area contributed by atoms with E-state index in [1.807, 2.05) is 13.0 Å². The lowest BCUT2D eigenvalue weighted by molar-refractivity contribution is 0.0951. The van der Waals surface area contributed by atoms with Crippen LogP contribution in [0.1, 0.15) is 21.7 Å². The highest BCUT2D eigenvalue weighted by Crippen LogP contribution is 2.32. The Morgan fingerprint density at radius 2 is 2.04 bits per heavy atom. The van der Waals surface area contributed by atoms with Crippen LogP contribution >= 0.6 is 0 Å². The van der Waals surface area contributed by atoms with Gasteiger partial charge in [-0.05, 0) is 38.1 Å². The van der Waals surface area contributed by atoms with Gasteiger partial charge in [-0.3, -0.25) is 9.36 Å². The van der Waals surface area contributed by atoms with Crippen molar-refractivity contribution in [2.75, 3.05) is 13.3 Å². The number of aryl methyl sites for hydroxylation is 2. The number of carbonyl (C=O) groups is 1. The molecule has 0 fully saturated rings. The molecule has 0 atom stereocenters. The molecule has 0 saturated heterocycles. The minimum atomic E-state index is -0.306. The molecule has 0 bridgehead atoms. The van der Waals surface area contributed by atoms with Gasteiger partial charge in [0.1, 0.15) is 0 Å². The zero-order chi connectivity index (χ0) is 16.4. The highest BCUT2D eigenvalue weighted by Gasteiger charge is 2.16. The standard InChI is InChI=1S/C16H17N3O4/c1-10-7-11(2)19(16(21)18-10)6-5-17-15(20)12-3-4-13-14(8-12)23-9-22-13/h3-4,7-8H,5-6,9H2,1-2H3,(H,17,20). The second kappa shape index (κ2) is 6.12. The summed E-state index contributed by atoms with van der Waals surface area (Å²) in [7, 11) is 0. The average Bonchev–Trinajstić information content (AvgIpc) is 2.97. The monoisotopic (exact) mass is 315 g/mol. The summed E-state index contributed by atoms with van der Waals surface area (Å²) in [5.74, 6) is 0.968. The van der Waals surface area contributed by atoms with Gasteiger partial charge in [0.05, 0.1) is 0 Å². The van der Waals surface area contributed by atoms with E-state index in [4.69, 9.17) is 9.47 Å². The third-order valence-electron chi connectivity index (χ3n) is 3.60. The van der Waals surface area contributed by atoms with Crippen LogP contribution in [0.5, 0.6) is 11.5 Å². The number of amides is 1. The molecule has 1 aromatic carbocycles. The Hall–Kier alpha value is -2.83. The van der Waals surface area contributed by atoms with Crippen molar-refractivity contribution in [2.45, 2.75) is 20.4 Å². The summed E-state index contributed by atoms with van der Waals surface area (Å²) in [6.07, 6.45) is 0. The summed E-state index contributed by atoms with van der Waals surface area (Å²) < 4.78 is 12.0. The molecule has 2 heterocycles. The van der Waals surface area contributed by atoms with E-state index in [-0.39, 0.29) is 18.4 Å². The normalized spacial score (nSPS) is 12.3. The molecule has 1 aliphatic heterocycles. The van der Waals surface area contributed by atoms with E-state index in [1.165, 1.54) is 4.57 Å². The second-order valence-electron chi connectivity index (χ2n) is 5.30. The van der Waals surface area contributed by atoms with Crippen LogP contribution in [0.25, 0.3) is 0 Å². The molecule has 120 valence electrons. The van der Waals surface area contributed by atoms with E-state index >= 15 is 0 Å². The summed E-state index contributed by atoms with van der Waals surface area (Å²) in [5.41, 5.74) is 1.69. The van der Waals surface area contributed by atoms with E-state index in [1.54, 1.807) is 25.1 Å². The predicted molar refractivity (Wildman–Crippen MR) is 82.9 cm³/mol. The van der Waals surface area contributed by atoms with E-state index in [0.717, 1.165) is 5.69 Å². The van der Waals surface area contributed by atoms with Gasteiger partial charge in [-0.15, -0.1) is 0 Å². The highest BCUT2D eigenvalue weighted by atomic mass is 16.7. The topological polar surface area (TPSA) is 82.5 Å². The van der Waals surface area contributed by atoms with Crippen LogP contribution in [0.15, 0.2) is 29.1 Å². The summed E-state index contributed by atoms with van der Waals surface area (Å²) in [6.45, 7) is 4.49. The Morgan fingerprint density at radius 1 is 1.26 bits per heavy atom. The number of fused-ring (bicyclic) bond motifs is 1. The fourth-order valence-corrected chi connectivity index (χ4v) is 2.47. The Kier molecular flexibility index (Phi) is 4.01. The maximum atomic E-state index is 12.1. The molecule has 2 aromatic rings. The van der Waals surface area contributed by atoms with Gasteiger partial charge in [0.15, 0.2) is 11.5 Å². The number of ether oxygens (including phenoxy) is 2. The Labute approximate surface area is 132 Å². The summed E-state index contributed by atoms with van der Waals surface area (Å²) in [5, 5.41) is 2.78. The molecule has 23 heavy (non-hydrogen) atoms. The minimum absolute atomic E-state index is 0.170. The first-order valence-corrected chi connectivity index (χ1v) is 7.27. The van der Waals surface area contributed by atoms with Crippen LogP contribution in [-0.4, -0.2) is 28.8 Å². The van der Waals surface area contributed by atoms with Crippen molar-refractivity contribution < 1.29 is 14.3 Å². The highest BCUT2D eigenvalue weighted by molar-refractivity contribution is 5.94. The van der Waals surface area contributed by atoms with Crippen molar-refractivity contribution in [3.8, 4) is 11.5 Å². The van der Waals surface area contributed by atoms with Crippen molar-refractivity contribution in [2.24, 2.45) is 0 Å². The molecule has 3 rings (SSSR count). The Morgan fingerprint density at radius 3 is 2.83 bits per heavy atom. The Bertz CT molecular complexity index is 813. The van der Waals surface area contributed by atoms with Gasteiger partial charge in [0.25, 0.3) is 5.91 Å². The summed E-state index contributed by atoms with van der Waals surface area (Å²) in [4.78, 5) is 27.9. The lowest BCUT2D eigenvalue weighted by Crippen LogP contribution is -2.33. The molecule has 0 spiro atoms. The number of hydrogen-bond donors (Lipinski definition) is 1. The third kappa shape index (κ3) is 3.18. The largest absolute Gasteiger partial charge is 0.454 e. The number of nitrogens with zero attached hydrogens (tertiary/aromatic N) is 2. The molecule has 0 radical (unpaired) electrons. The van der Waals surface area contributed by atoms with Gasteiger partial charge in [-0.1, -0.05) is 0 Å². The second-order valence-corrected chi connectivity index (χ2v) is 5.30. The summed E-state index contributed by atoms with van der Waals surface area (Å²) in [6, 6.07) is 6.85. The molecule has 7 heteroatoms. The SMILES string of the molecule is Cc1cc(C)n(CCNC(=O)c2ccc3c(c2)OCO3)c(=O)n1. The van der Waals surface area contributed by atoms with Crippen molar-refractivity contribution >= 4 is 5.91 Å². The lowest BCUT2D eigenvalue weighted by Gasteiger charge is -2.10. The van der Waals surface area contributed by atoms with Crippen molar-refractivity contribution in [1.82, 2.24) is 14.9 Å². The zero-order valence-electron chi connectivity index (χ0n) is 13.0. The van der Waals surface area contributed by atoms with Gasteiger partial charge in [-0.25, -0.2) is 4.79 Å². The van der Waals surface area contributed by atoms with Gasteiger partial charge in [0.2, 0.25) is 6.79 Å². The van der Waals surface area contributed by atoms with Crippen LogP contribution in [0.2, 0.25) is 0 Å². The van der Waals surface area contributed by atoms with Gasteiger partial charge >= 0.3 is 5.69 Å². The molecule has 1 N–H and O–H groups in total. The van der Waals surface area contributed by atoms with Crippen LogP contribution in [0, 0.1) is 13.8 Å². The molecule has 0 unspecified atom stereocenters. The van der Waals surface area contributed by atoms with E-state index in [0.29, 0.717) is 35.8 Å². The summed E-state index contributed by atoms with van der Waals surface area (Å²) >= 11 is 0. The molecule has 0 aliphatic carbocycles. The van der Waals surface area contributed by atoms with Crippen LogP contribution in [0.4, 0.5) is 0 Å². The van der Waals surface area contributed by atoms with Crippen molar-refractivity contribution in [3.05, 3.63) is 51.7 Å². The molecule has 1 amide bonds. The maximum Gasteiger partial charge on any atom is 0.348 e. The van der Waals surface area contributed by atoms with Gasteiger partial charge in [-0.2, -0.15) is 4.98 Å². The number of hydrogen-bond acceptors (Lipinski definition) is 5. The average molecular weight is 315 g/mol. The smallest absolute Gasteiger partial charge is 0.348 e. The maximum absolute atomic E-state index is 12.1. The molecule has 7 nitrogen and oxygen atoms in total. The fourth-order valence-electron chi connectivity index (χ4n) is 2.47. The van der Waals surface area contributed by atoms with Gasteiger partial charge in [0, 0.05) is 30.0 Å². The third-order valence-corrected chi connectivity index (χ3v) is 3.60. The number of carbonyl (C=O) groups excluding carboxylic acids is 1. The zero-order valence-corrected chi connectivity index (χ0v) is 13.0. The van der Waals surface area contributed by atoms with E-state index < -0.39 is 0 Å². The van der Waals surface area contributed by atoms with Crippen molar-refractivity contribution in [1.29, 1.82) is 0 Å². The molecular weight excluding hydrogens is 298 g/mol. The minimum Gasteiger partial charge on any atom is -0.454 e. The number of aromatic nitrogens is 2. The van der Waals surface area contributed by atoms with Crippen LogP contribution in [0.3, 0.4) is 0 Å². The van der Waals surface area contributed by atoms with Crippen molar-refractivity contribution in [3.63, 3.8) is 0 Å². The predicted octanol–water partition coefficient (Wildman–Crippen LogP) is 1.02. The van der Waals surface area contributed by atoms with Gasteiger partial charge < -0.3 is 14.8 Å². The first-order chi connectivity index (χ1) is 11.0. The number of rotatable bonds is 4. The quantitative estimate of drug-likeness (QED) is 0.911. The first-order valence-electron chi connectivity index (χ1n) is 7.27. The Balaban J connectivity index is 1.63. The van der Waals surface area contributed by atoms with E-state index in [9.17, 15) is 9.59 Å². The number of benzene rings is 1. The fraction of sp³-hybridized carbons (Fsp3) is 0.312.